The third kappa shape index (κ3) is 5.20. The molecule has 0 radical (unpaired) electrons. The third-order valence-corrected chi connectivity index (χ3v) is 4.33. The molecule has 0 atom stereocenters. The van der Waals surface area contributed by atoms with Gasteiger partial charge in [0.1, 0.15) is 13.2 Å². The highest BCUT2D eigenvalue weighted by molar-refractivity contribution is 6.04. The molecule has 0 heterocycles. The molecule has 3 aromatic rings. The summed E-state index contributed by atoms with van der Waals surface area (Å²) in [6.07, 6.45) is -6.04. The molecule has 0 spiro atoms. The Balaban J connectivity index is 1.95. The highest BCUT2D eigenvalue weighted by atomic mass is 19.4. The van der Waals surface area contributed by atoms with Gasteiger partial charge in [0.15, 0.2) is 11.5 Å². The maximum absolute atomic E-state index is 13.8. The number of carbonyl (C=O) groups is 1. The standard InChI is InChI=1S/C23H17F5O3/c24-22(25,23(26,27)28)21(29)18-12-7-13-19(30-14-16-8-3-1-4-9-16)20(18)31-15-17-10-5-2-6-11-17/h1-13H,14-15H2. The maximum Gasteiger partial charge on any atom is 0.461 e. The Morgan fingerprint density at radius 3 is 1.71 bits per heavy atom. The molecule has 0 amide bonds. The minimum atomic E-state index is -6.04. The van der Waals surface area contributed by atoms with E-state index in [2.05, 4.69) is 0 Å². The van der Waals surface area contributed by atoms with Crippen molar-refractivity contribution < 1.29 is 36.2 Å². The Morgan fingerprint density at radius 2 is 1.19 bits per heavy atom. The number of Topliss-reactive ketones (excluding diaryl/α,β-unsaturated/α-hetero) is 1. The SMILES string of the molecule is O=C(c1cccc(OCc2ccccc2)c1OCc1ccccc1)C(F)(F)C(F)(F)F. The van der Waals surface area contributed by atoms with Gasteiger partial charge in [0, 0.05) is 0 Å². The summed E-state index contributed by atoms with van der Waals surface area (Å²) in [4.78, 5) is 12.2. The fourth-order valence-corrected chi connectivity index (χ4v) is 2.72. The topological polar surface area (TPSA) is 35.5 Å². The van der Waals surface area contributed by atoms with Crippen molar-refractivity contribution in [2.24, 2.45) is 0 Å². The van der Waals surface area contributed by atoms with Crippen molar-refractivity contribution in [1.82, 2.24) is 0 Å². The van der Waals surface area contributed by atoms with Crippen molar-refractivity contribution in [3.8, 4) is 11.5 Å². The van der Waals surface area contributed by atoms with Gasteiger partial charge in [-0.1, -0.05) is 66.7 Å². The summed E-state index contributed by atoms with van der Waals surface area (Å²) in [5.41, 5.74) is 0.444. The van der Waals surface area contributed by atoms with E-state index in [0.717, 1.165) is 17.7 Å². The summed E-state index contributed by atoms with van der Waals surface area (Å²) in [7, 11) is 0. The number of ether oxygens (including phenoxy) is 2. The number of para-hydroxylation sites is 1. The minimum absolute atomic E-state index is 0.00412. The largest absolute Gasteiger partial charge is 0.485 e. The molecule has 0 saturated heterocycles. The van der Waals surface area contributed by atoms with E-state index < -0.39 is 29.2 Å². The summed E-state index contributed by atoms with van der Waals surface area (Å²) in [6.45, 7) is -0.166. The molecule has 3 nitrogen and oxygen atoms in total. The van der Waals surface area contributed by atoms with Gasteiger partial charge in [0.05, 0.1) is 5.56 Å². The first kappa shape index (κ1) is 22.3. The van der Waals surface area contributed by atoms with Crippen molar-refractivity contribution in [2.75, 3.05) is 0 Å². The number of rotatable bonds is 8. The number of alkyl halides is 5. The van der Waals surface area contributed by atoms with Crippen LogP contribution in [-0.4, -0.2) is 17.9 Å². The molecule has 3 aromatic carbocycles. The minimum Gasteiger partial charge on any atom is -0.485 e. The summed E-state index contributed by atoms with van der Waals surface area (Å²) in [5, 5.41) is 0. The molecular formula is C23H17F5O3. The molecule has 0 saturated carbocycles. The van der Waals surface area contributed by atoms with Crippen LogP contribution in [0.15, 0.2) is 78.9 Å². The summed E-state index contributed by atoms with van der Waals surface area (Å²) >= 11 is 0. The lowest BCUT2D eigenvalue weighted by molar-refractivity contribution is -0.255. The van der Waals surface area contributed by atoms with Gasteiger partial charge in [-0.2, -0.15) is 22.0 Å². The molecule has 0 bridgehead atoms. The Hall–Kier alpha value is -3.42. The lowest BCUT2D eigenvalue weighted by atomic mass is 10.0. The predicted octanol–water partition coefficient (Wildman–Crippen LogP) is 6.22. The Morgan fingerprint density at radius 1 is 0.677 bits per heavy atom. The second-order valence-electron chi connectivity index (χ2n) is 6.58. The second kappa shape index (κ2) is 9.16. The van der Waals surface area contributed by atoms with Crippen molar-refractivity contribution in [3.05, 3.63) is 95.6 Å². The van der Waals surface area contributed by atoms with Gasteiger partial charge in [-0.3, -0.25) is 4.79 Å². The Labute approximate surface area is 175 Å². The number of hydrogen-bond acceptors (Lipinski definition) is 3. The zero-order chi connectivity index (χ0) is 22.5. The molecule has 8 heteroatoms. The van der Waals surface area contributed by atoms with Gasteiger partial charge in [0.25, 0.3) is 0 Å². The van der Waals surface area contributed by atoms with Crippen molar-refractivity contribution in [2.45, 2.75) is 25.3 Å². The quantitative estimate of drug-likeness (QED) is 0.310. The molecule has 0 aliphatic heterocycles. The van der Waals surface area contributed by atoms with E-state index in [-0.39, 0.29) is 19.0 Å². The fourth-order valence-electron chi connectivity index (χ4n) is 2.72. The normalized spacial score (nSPS) is 11.8. The summed E-state index contributed by atoms with van der Waals surface area (Å²) < 4.78 is 77.0. The monoisotopic (exact) mass is 436 g/mol. The molecule has 0 N–H and O–H groups in total. The highest BCUT2D eigenvalue weighted by Crippen LogP contribution is 2.42. The number of hydrogen-bond donors (Lipinski definition) is 0. The van der Waals surface area contributed by atoms with Crippen LogP contribution in [0.5, 0.6) is 11.5 Å². The highest BCUT2D eigenvalue weighted by Gasteiger charge is 2.63. The van der Waals surface area contributed by atoms with Crippen LogP contribution in [0, 0.1) is 0 Å². The molecule has 0 aliphatic carbocycles. The van der Waals surface area contributed by atoms with Crippen LogP contribution >= 0.6 is 0 Å². The zero-order valence-corrected chi connectivity index (χ0v) is 16.0. The Kier molecular flexibility index (Phi) is 6.58. The Bertz CT molecular complexity index is 1020. The summed E-state index contributed by atoms with van der Waals surface area (Å²) in [5.74, 6) is -8.58. The number of carbonyl (C=O) groups excluding carboxylic acids is 1. The van der Waals surface area contributed by atoms with Crippen molar-refractivity contribution in [3.63, 3.8) is 0 Å². The van der Waals surface area contributed by atoms with E-state index in [1.54, 1.807) is 60.7 Å². The van der Waals surface area contributed by atoms with E-state index in [1.165, 1.54) is 6.07 Å². The van der Waals surface area contributed by atoms with Crippen LogP contribution in [0.4, 0.5) is 22.0 Å². The third-order valence-electron chi connectivity index (χ3n) is 4.33. The van der Waals surface area contributed by atoms with Crippen LogP contribution in [0.2, 0.25) is 0 Å². The molecule has 0 unspecified atom stereocenters. The second-order valence-corrected chi connectivity index (χ2v) is 6.58. The van der Waals surface area contributed by atoms with Gasteiger partial charge in [0.2, 0.25) is 5.78 Å². The van der Waals surface area contributed by atoms with Crippen LogP contribution in [0.3, 0.4) is 0 Å². The first-order valence-electron chi connectivity index (χ1n) is 9.16. The first-order chi connectivity index (χ1) is 14.7. The first-order valence-corrected chi connectivity index (χ1v) is 9.16. The molecule has 0 fully saturated rings. The van der Waals surface area contributed by atoms with E-state index in [0.29, 0.717) is 5.56 Å². The molecule has 0 aliphatic rings. The van der Waals surface area contributed by atoms with E-state index in [4.69, 9.17) is 9.47 Å². The average molecular weight is 436 g/mol. The molecular weight excluding hydrogens is 419 g/mol. The smallest absolute Gasteiger partial charge is 0.461 e. The van der Waals surface area contributed by atoms with Crippen molar-refractivity contribution >= 4 is 5.78 Å². The summed E-state index contributed by atoms with van der Waals surface area (Å²) in [6, 6.07) is 20.7. The molecule has 0 aromatic heterocycles. The zero-order valence-electron chi connectivity index (χ0n) is 16.0. The molecule has 3 rings (SSSR count). The van der Waals surface area contributed by atoms with E-state index in [1.807, 2.05) is 0 Å². The van der Waals surface area contributed by atoms with Gasteiger partial charge in [-0.05, 0) is 23.3 Å². The van der Waals surface area contributed by atoms with Crippen LogP contribution in [-0.2, 0) is 13.2 Å². The molecule has 31 heavy (non-hydrogen) atoms. The van der Waals surface area contributed by atoms with E-state index >= 15 is 0 Å². The number of halogens is 5. The van der Waals surface area contributed by atoms with Gasteiger partial charge >= 0.3 is 12.1 Å². The van der Waals surface area contributed by atoms with Crippen LogP contribution in [0.1, 0.15) is 21.5 Å². The molecule has 162 valence electrons. The fraction of sp³-hybridized carbons (Fsp3) is 0.174. The van der Waals surface area contributed by atoms with Crippen LogP contribution in [0.25, 0.3) is 0 Å². The van der Waals surface area contributed by atoms with Crippen LogP contribution < -0.4 is 9.47 Å². The predicted molar refractivity (Wildman–Crippen MR) is 103 cm³/mol. The average Bonchev–Trinajstić information content (AvgIpc) is 2.76. The van der Waals surface area contributed by atoms with Gasteiger partial charge in [-0.15, -0.1) is 0 Å². The van der Waals surface area contributed by atoms with Crippen molar-refractivity contribution in [1.29, 1.82) is 0 Å². The lowest BCUT2D eigenvalue weighted by Gasteiger charge is -2.21. The number of ketones is 1. The maximum atomic E-state index is 13.8. The van der Waals surface area contributed by atoms with E-state index in [9.17, 15) is 26.7 Å². The van der Waals surface area contributed by atoms with Gasteiger partial charge in [-0.25, -0.2) is 0 Å². The lowest BCUT2D eigenvalue weighted by Crippen LogP contribution is -2.44. The number of benzene rings is 3. The van der Waals surface area contributed by atoms with Gasteiger partial charge < -0.3 is 9.47 Å².